The molecule has 2 saturated heterocycles. The van der Waals surface area contributed by atoms with Crippen LogP contribution in [0.15, 0.2) is 18.2 Å². The van der Waals surface area contributed by atoms with Gasteiger partial charge in [0.05, 0.1) is 5.56 Å². The lowest BCUT2D eigenvalue weighted by Crippen LogP contribution is -2.46. The number of likely N-dealkylation sites (tertiary alicyclic amines) is 1. The molecule has 2 aliphatic rings. The predicted molar refractivity (Wildman–Crippen MR) is 83.5 cm³/mol. The molecule has 2 heterocycles. The number of carbonyl (C=O) groups is 2. The van der Waals surface area contributed by atoms with E-state index in [1.165, 1.54) is 0 Å². The van der Waals surface area contributed by atoms with E-state index in [9.17, 15) is 18.4 Å². The van der Waals surface area contributed by atoms with Crippen LogP contribution in [0.5, 0.6) is 0 Å². The number of piperidine rings is 1. The third kappa shape index (κ3) is 3.64. The molecule has 2 aliphatic heterocycles. The molecule has 1 aromatic carbocycles. The van der Waals surface area contributed by atoms with Crippen LogP contribution in [0, 0.1) is 23.5 Å². The highest BCUT2D eigenvalue weighted by Gasteiger charge is 2.33. The molecule has 0 unspecified atom stereocenters. The van der Waals surface area contributed by atoms with Gasteiger partial charge in [0.25, 0.3) is 0 Å². The molecule has 3 rings (SSSR count). The molecule has 0 saturated carbocycles. The van der Waals surface area contributed by atoms with Crippen LogP contribution < -0.4 is 0 Å². The molecule has 1 amide bonds. The smallest absolute Gasteiger partial charge is 0.225 e. The van der Waals surface area contributed by atoms with Gasteiger partial charge in [-0.2, -0.15) is 0 Å². The van der Waals surface area contributed by atoms with Crippen molar-refractivity contribution < 1.29 is 23.1 Å². The van der Waals surface area contributed by atoms with Gasteiger partial charge < -0.3 is 9.64 Å². The molecule has 2 fully saturated rings. The SMILES string of the molecule is O=C(c1cc(F)ccc1F)[C@H]1CCCN(C(=O)C2CCOCC2)C1. The summed E-state index contributed by atoms with van der Waals surface area (Å²) in [6, 6.07) is 2.90. The van der Waals surface area contributed by atoms with E-state index in [4.69, 9.17) is 4.74 Å². The Morgan fingerprint density at radius 3 is 2.58 bits per heavy atom. The first-order valence-corrected chi connectivity index (χ1v) is 8.42. The van der Waals surface area contributed by atoms with Crippen LogP contribution in [0.1, 0.15) is 36.0 Å². The van der Waals surface area contributed by atoms with E-state index >= 15 is 0 Å². The lowest BCUT2D eigenvalue weighted by atomic mass is 9.88. The fourth-order valence-electron chi connectivity index (χ4n) is 3.50. The highest BCUT2D eigenvalue weighted by molar-refractivity contribution is 5.98. The largest absolute Gasteiger partial charge is 0.381 e. The summed E-state index contributed by atoms with van der Waals surface area (Å²) in [6.45, 7) is 2.07. The molecule has 1 atom stereocenters. The van der Waals surface area contributed by atoms with Crippen molar-refractivity contribution in [2.75, 3.05) is 26.3 Å². The third-order valence-corrected chi connectivity index (χ3v) is 4.87. The van der Waals surface area contributed by atoms with E-state index in [1.54, 1.807) is 4.90 Å². The van der Waals surface area contributed by atoms with Gasteiger partial charge in [-0.1, -0.05) is 0 Å². The second-order valence-corrected chi connectivity index (χ2v) is 6.50. The van der Waals surface area contributed by atoms with Gasteiger partial charge in [0.1, 0.15) is 11.6 Å². The van der Waals surface area contributed by atoms with Crippen molar-refractivity contribution in [1.29, 1.82) is 0 Å². The zero-order chi connectivity index (χ0) is 17.1. The number of rotatable bonds is 3. The van der Waals surface area contributed by atoms with Crippen molar-refractivity contribution in [2.45, 2.75) is 25.7 Å². The van der Waals surface area contributed by atoms with Crippen LogP contribution in [0.25, 0.3) is 0 Å². The van der Waals surface area contributed by atoms with Gasteiger partial charge in [-0.25, -0.2) is 8.78 Å². The van der Waals surface area contributed by atoms with E-state index in [2.05, 4.69) is 0 Å². The van der Waals surface area contributed by atoms with Crippen LogP contribution in [0.3, 0.4) is 0 Å². The Labute approximate surface area is 139 Å². The highest BCUT2D eigenvalue weighted by atomic mass is 19.1. The van der Waals surface area contributed by atoms with Crippen molar-refractivity contribution in [3.8, 4) is 0 Å². The highest BCUT2D eigenvalue weighted by Crippen LogP contribution is 2.26. The number of hydrogen-bond donors (Lipinski definition) is 0. The molecule has 0 aromatic heterocycles. The zero-order valence-corrected chi connectivity index (χ0v) is 13.5. The molecule has 0 N–H and O–H groups in total. The summed E-state index contributed by atoms with van der Waals surface area (Å²) in [5.74, 6) is -2.25. The molecule has 1 aromatic rings. The lowest BCUT2D eigenvalue weighted by Gasteiger charge is -2.35. The number of amides is 1. The Balaban J connectivity index is 1.69. The average molecular weight is 337 g/mol. The second kappa shape index (κ2) is 7.38. The molecule has 0 bridgehead atoms. The monoisotopic (exact) mass is 337 g/mol. The molecule has 130 valence electrons. The van der Waals surface area contributed by atoms with E-state index < -0.39 is 23.3 Å². The van der Waals surface area contributed by atoms with Crippen LogP contribution in [0.4, 0.5) is 8.78 Å². The van der Waals surface area contributed by atoms with Crippen molar-refractivity contribution in [3.63, 3.8) is 0 Å². The van der Waals surface area contributed by atoms with E-state index in [-0.39, 0.29) is 23.9 Å². The molecule has 0 spiro atoms. The van der Waals surface area contributed by atoms with Gasteiger partial charge in [0, 0.05) is 38.1 Å². The van der Waals surface area contributed by atoms with Crippen molar-refractivity contribution in [1.82, 2.24) is 4.90 Å². The first-order valence-electron chi connectivity index (χ1n) is 8.42. The molecule has 24 heavy (non-hydrogen) atoms. The Morgan fingerprint density at radius 2 is 1.83 bits per heavy atom. The number of hydrogen-bond acceptors (Lipinski definition) is 3. The molecular formula is C18H21F2NO3. The second-order valence-electron chi connectivity index (χ2n) is 6.50. The summed E-state index contributed by atoms with van der Waals surface area (Å²) in [5.41, 5.74) is -0.222. The molecule has 4 nitrogen and oxygen atoms in total. The maximum absolute atomic E-state index is 13.8. The molecule has 6 heteroatoms. The fourth-order valence-corrected chi connectivity index (χ4v) is 3.50. The first kappa shape index (κ1) is 17.0. The normalized spacial score (nSPS) is 22.4. The summed E-state index contributed by atoms with van der Waals surface area (Å²) in [6.07, 6.45) is 2.69. The maximum Gasteiger partial charge on any atom is 0.225 e. The predicted octanol–water partition coefficient (Wildman–Crippen LogP) is 2.81. The minimum atomic E-state index is -0.714. The minimum Gasteiger partial charge on any atom is -0.381 e. The topological polar surface area (TPSA) is 46.6 Å². The summed E-state index contributed by atoms with van der Waals surface area (Å²) >= 11 is 0. The summed E-state index contributed by atoms with van der Waals surface area (Å²) in [4.78, 5) is 26.9. The first-order chi connectivity index (χ1) is 11.6. The number of ether oxygens (including phenoxy) is 1. The van der Waals surface area contributed by atoms with Gasteiger partial charge in [0.15, 0.2) is 5.78 Å². The van der Waals surface area contributed by atoms with Crippen molar-refractivity contribution in [3.05, 3.63) is 35.4 Å². The Morgan fingerprint density at radius 1 is 1.08 bits per heavy atom. The zero-order valence-electron chi connectivity index (χ0n) is 13.5. The number of Topliss-reactive ketones (excluding diaryl/α,β-unsaturated/α-hetero) is 1. The van der Waals surface area contributed by atoms with Gasteiger partial charge in [-0.15, -0.1) is 0 Å². The van der Waals surface area contributed by atoms with Gasteiger partial charge in [-0.05, 0) is 43.9 Å². The van der Waals surface area contributed by atoms with E-state index in [0.717, 1.165) is 18.2 Å². The summed E-state index contributed by atoms with van der Waals surface area (Å²) in [5, 5.41) is 0. The van der Waals surface area contributed by atoms with Crippen LogP contribution in [0.2, 0.25) is 0 Å². The van der Waals surface area contributed by atoms with Gasteiger partial charge in [0.2, 0.25) is 5.91 Å². The number of halogens is 2. The van der Waals surface area contributed by atoms with Crippen LogP contribution in [-0.2, 0) is 9.53 Å². The summed E-state index contributed by atoms with van der Waals surface area (Å²) < 4.78 is 32.4. The van der Waals surface area contributed by atoms with Crippen LogP contribution in [-0.4, -0.2) is 42.9 Å². The number of nitrogens with zero attached hydrogens (tertiary/aromatic N) is 1. The van der Waals surface area contributed by atoms with E-state index in [0.29, 0.717) is 45.4 Å². The fraction of sp³-hybridized carbons (Fsp3) is 0.556. The van der Waals surface area contributed by atoms with E-state index in [1.807, 2.05) is 0 Å². The maximum atomic E-state index is 13.8. The van der Waals surface area contributed by atoms with Crippen molar-refractivity contribution >= 4 is 11.7 Å². The third-order valence-electron chi connectivity index (χ3n) is 4.87. The molecular weight excluding hydrogens is 316 g/mol. The number of ketones is 1. The Kier molecular flexibility index (Phi) is 5.23. The average Bonchev–Trinajstić information content (AvgIpc) is 2.63. The number of benzene rings is 1. The lowest BCUT2D eigenvalue weighted by molar-refractivity contribution is -0.140. The standard InChI is InChI=1S/C18H21F2NO3/c19-14-3-4-16(20)15(10-14)17(22)13-2-1-7-21(11-13)18(23)12-5-8-24-9-6-12/h3-4,10,12-13H,1-2,5-9,11H2/t13-/m0/s1. The van der Waals surface area contributed by atoms with Gasteiger partial charge in [-0.3, -0.25) is 9.59 Å². The summed E-state index contributed by atoms with van der Waals surface area (Å²) in [7, 11) is 0. The van der Waals surface area contributed by atoms with Gasteiger partial charge >= 0.3 is 0 Å². The Bertz CT molecular complexity index is 629. The van der Waals surface area contributed by atoms with Crippen LogP contribution >= 0.6 is 0 Å². The quantitative estimate of drug-likeness (QED) is 0.797. The number of carbonyl (C=O) groups excluding carboxylic acids is 2. The molecule has 0 radical (unpaired) electrons. The van der Waals surface area contributed by atoms with Crippen molar-refractivity contribution in [2.24, 2.45) is 11.8 Å². The Hall–Kier alpha value is -1.82. The molecule has 0 aliphatic carbocycles. The minimum absolute atomic E-state index is 0.0514.